The SMILES string of the molecule is O=C(NC[C@@H]1COC2(CCCC2)O1)c1cc(Cl)ccc1Cl. The van der Waals surface area contributed by atoms with Gasteiger partial charge in [-0.1, -0.05) is 23.2 Å². The Hall–Kier alpha value is -0.810. The fourth-order valence-electron chi connectivity index (χ4n) is 2.87. The second-order valence-corrected chi connectivity index (χ2v) is 6.35. The van der Waals surface area contributed by atoms with Gasteiger partial charge in [0.15, 0.2) is 5.79 Å². The van der Waals surface area contributed by atoms with E-state index in [-0.39, 0.29) is 12.0 Å². The highest BCUT2D eigenvalue weighted by molar-refractivity contribution is 6.35. The average Bonchev–Trinajstić information content (AvgIpc) is 3.09. The fourth-order valence-corrected chi connectivity index (χ4v) is 3.24. The summed E-state index contributed by atoms with van der Waals surface area (Å²) in [7, 11) is 0. The Bertz CT molecular complexity index is 544. The number of ether oxygens (including phenoxy) is 2. The van der Waals surface area contributed by atoms with E-state index >= 15 is 0 Å². The third-order valence-corrected chi connectivity index (χ3v) is 4.51. The summed E-state index contributed by atoms with van der Waals surface area (Å²) in [5.74, 6) is -0.651. The Kier molecular flexibility index (Phi) is 4.41. The Labute approximate surface area is 133 Å². The van der Waals surface area contributed by atoms with Gasteiger partial charge in [0, 0.05) is 24.4 Å². The summed E-state index contributed by atoms with van der Waals surface area (Å²) < 4.78 is 11.7. The van der Waals surface area contributed by atoms with Gasteiger partial charge in [0.05, 0.1) is 17.2 Å². The lowest BCUT2D eigenvalue weighted by Crippen LogP contribution is -2.35. The summed E-state index contributed by atoms with van der Waals surface area (Å²) in [4.78, 5) is 12.1. The van der Waals surface area contributed by atoms with E-state index in [4.69, 9.17) is 32.7 Å². The van der Waals surface area contributed by atoms with Gasteiger partial charge in [-0.15, -0.1) is 0 Å². The second-order valence-electron chi connectivity index (χ2n) is 5.50. The Morgan fingerprint density at radius 2 is 2.10 bits per heavy atom. The van der Waals surface area contributed by atoms with E-state index in [2.05, 4.69) is 5.32 Å². The Morgan fingerprint density at radius 1 is 1.33 bits per heavy atom. The minimum atomic E-state index is -0.400. The predicted molar refractivity (Wildman–Crippen MR) is 80.8 cm³/mol. The number of carbonyl (C=O) groups excluding carboxylic acids is 1. The summed E-state index contributed by atoms with van der Waals surface area (Å²) in [5.41, 5.74) is 0.374. The van der Waals surface area contributed by atoms with E-state index in [9.17, 15) is 4.79 Å². The molecule has 2 fully saturated rings. The van der Waals surface area contributed by atoms with Crippen molar-refractivity contribution in [2.24, 2.45) is 0 Å². The number of hydrogen-bond donors (Lipinski definition) is 1. The highest BCUT2D eigenvalue weighted by Gasteiger charge is 2.43. The molecule has 6 heteroatoms. The highest BCUT2D eigenvalue weighted by atomic mass is 35.5. The van der Waals surface area contributed by atoms with Crippen LogP contribution < -0.4 is 5.32 Å². The van der Waals surface area contributed by atoms with Crippen LogP contribution in [0.25, 0.3) is 0 Å². The van der Waals surface area contributed by atoms with Crippen molar-refractivity contribution in [3.05, 3.63) is 33.8 Å². The minimum absolute atomic E-state index is 0.106. The monoisotopic (exact) mass is 329 g/mol. The van der Waals surface area contributed by atoms with Crippen LogP contribution in [0.4, 0.5) is 0 Å². The molecule has 1 saturated heterocycles. The number of amides is 1. The molecule has 114 valence electrons. The topological polar surface area (TPSA) is 47.6 Å². The van der Waals surface area contributed by atoms with Crippen molar-refractivity contribution in [1.29, 1.82) is 0 Å². The van der Waals surface area contributed by atoms with Crippen molar-refractivity contribution >= 4 is 29.1 Å². The van der Waals surface area contributed by atoms with Gasteiger partial charge in [-0.3, -0.25) is 4.79 Å². The molecule has 0 bridgehead atoms. The first-order valence-corrected chi connectivity index (χ1v) is 7.89. The van der Waals surface area contributed by atoms with Gasteiger partial charge in [0.25, 0.3) is 5.91 Å². The van der Waals surface area contributed by atoms with E-state index in [0.29, 0.717) is 28.8 Å². The molecular weight excluding hydrogens is 313 g/mol. The lowest BCUT2D eigenvalue weighted by Gasteiger charge is -2.22. The van der Waals surface area contributed by atoms with Crippen LogP contribution in [0.15, 0.2) is 18.2 Å². The highest BCUT2D eigenvalue weighted by Crippen LogP contribution is 2.39. The largest absolute Gasteiger partial charge is 0.349 e. The third kappa shape index (κ3) is 3.34. The molecule has 0 aromatic heterocycles. The first-order valence-electron chi connectivity index (χ1n) is 7.13. The summed E-state index contributed by atoms with van der Waals surface area (Å²) >= 11 is 11.9. The first-order chi connectivity index (χ1) is 10.1. The molecule has 1 N–H and O–H groups in total. The summed E-state index contributed by atoms with van der Waals surface area (Å²) in [6.07, 6.45) is 4.05. The number of carbonyl (C=O) groups is 1. The number of hydrogen-bond acceptors (Lipinski definition) is 3. The minimum Gasteiger partial charge on any atom is -0.349 e. The molecule has 0 radical (unpaired) electrons. The lowest BCUT2D eigenvalue weighted by molar-refractivity contribution is -0.161. The van der Waals surface area contributed by atoms with Gasteiger partial charge in [-0.05, 0) is 31.0 Å². The average molecular weight is 330 g/mol. The van der Waals surface area contributed by atoms with Crippen molar-refractivity contribution in [3.63, 3.8) is 0 Å². The smallest absolute Gasteiger partial charge is 0.252 e. The quantitative estimate of drug-likeness (QED) is 0.924. The fraction of sp³-hybridized carbons (Fsp3) is 0.533. The molecule has 3 rings (SSSR count). The van der Waals surface area contributed by atoms with E-state index in [1.165, 1.54) is 0 Å². The number of rotatable bonds is 3. The lowest BCUT2D eigenvalue weighted by atomic mass is 10.2. The van der Waals surface area contributed by atoms with Crippen molar-refractivity contribution in [2.75, 3.05) is 13.2 Å². The molecule has 0 unspecified atom stereocenters. The van der Waals surface area contributed by atoms with Gasteiger partial charge in [0.2, 0.25) is 0 Å². The van der Waals surface area contributed by atoms with Crippen LogP contribution in [0.3, 0.4) is 0 Å². The van der Waals surface area contributed by atoms with Crippen LogP contribution in [0.5, 0.6) is 0 Å². The normalized spacial score (nSPS) is 23.6. The third-order valence-electron chi connectivity index (χ3n) is 3.94. The molecule has 21 heavy (non-hydrogen) atoms. The molecule has 1 aromatic rings. The van der Waals surface area contributed by atoms with Crippen molar-refractivity contribution < 1.29 is 14.3 Å². The molecule has 1 atom stereocenters. The molecule has 1 aliphatic carbocycles. The number of halogens is 2. The molecular formula is C15H17Cl2NO3. The van der Waals surface area contributed by atoms with Crippen molar-refractivity contribution in [1.82, 2.24) is 5.32 Å². The molecule has 1 heterocycles. The zero-order valence-corrected chi connectivity index (χ0v) is 13.0. The van der Waals surface area contributed by atoms with Gasteiger partial charge >= 0.3 is 0 Å². The summed E-state index contributed by atoms with van der Waals surface area (Å²) in [5, 5.41) is 3.69. The van der Waals surface area contributed by atoms with Crippen LogP contribution in [0.1, 0.15) is 36.0 Å². The van der Waals surface area contributed by atoms with Crippen LogP contribution in [-0.4, -0.2) is 30.9 Å². The van der Waals surface area contributed by atoms with Gasteiger partial charge in [-0.25, -0.2) is 0 Å². The molecule has 1 aromatic carbocycles. The van der Waals surface area contributed by atoms with E-state index in [0.717, 1.165) is 25.7 Å². The van der Waals surface area contributed by atoms with Crippen LogP contribution in [0.2, 0.25) is 10.0 Å². The van der Waals surface area contributed by atoms with E-state index in [1.54, 1.807) is 18.2 Å². The standard InChI is InChI=1S/C15H17Cl2NO3/c16-10-3-4-13(17)12(7-10)14(19)18-8-11-9-20-15(21-11)5-1-2-6-15/h3-4,7,11H,1-2,5-6,8-9H2,(H,18,19)/t11-/m1/s1. The van der Waals surface area contributed by atoms with Crippen molar-refractivity contribution in [3.8, 4) is 0 Å². The molecule has 4 nitrogen and oxygen atoms in total. The van der Waals surface area contributed by atoms with E-state index < -0.39 is 5.79 Å². The van der Waals surface area contributed by atoms with Crippen LogP contribution in [0, 0.1) is 0 Å². The van der Waals surface area contributed by atoms with Crippen LogP contribution in [-0.2, 0) is 9.47 Å². The summed E-state index contributed by atoms with van der Waals surface area (Å²) in [6.45, 7) is 0.924. The molecule has 1 amide bonds. The van der Waals surface area contributed by atoms with Gasteiger partial charge in [-0.2, -0.15) is 0 Å². The van der Waals surface area contributed by atoms with E-state index in [1.807, 2.05) is 0 Å². The predicted octanol–water partition coefficient (Wildman–Crippen LogP) is 3.41. The number of nitrogens with one attached hydrogen (secondary N) is 1. The molecule has 2 aliphatic rings. The molecule has 1 spiro atoms. The maximum absolute atomic E-state index is 12.1. The maximum atomic E-state index is 12.1. The molecule has 1 aliphatic heterocycles. The van der Waals surface area contributed by atoms with Crippen molar-refractivity contribution in [2.45, 2.75) is 37.6 Å². The second kappa shape index (κ2) is 6.13. The molecule has 1 saturated carbocycles. The zero-order valence-electron chi connectivity index (χ0n) is 11.5. The Morgan fingerprint density at radius 3 is 2.86 bits per heavy atom. The summed E-state index contributed by atoms with van der Waals surface area (Å²) in [6, 6.07) is 4.82. The van der Waals surface area contributed by atoms with Gasteiger partial charge in [0.1, 0.15) is 6.10 Å². The maximum Gasteiger partial charge on any atom is 0.252 e. The first kappa shape index (κ1) is 15.1. The zero-order chi connectivity index (χ0) is 14.9. The van der Waals surface area contributed by atoms with Crippen LogP contribution >= 0.6 is 23.2 Å². The number of benzene rings is 1. The van der Waals surface area contributed by atoms with Gasteiger partial charge < -0.3 is 14.8 Å². The Balaban J connectivity index is 1.56.